The molecule has 4 nitrogen and oxygen atoms in total. The summed E-state index contributed by atoms with van der Waals surface area (Å²) < 4.78 is 16.2. The number of hydrogen-bond donors (Lipinski definition) is 1. The predicted octanol–water partition coefficient (Wildman–Crippen LogP) is 3.88. The van der Waals surface area contributed by atoms with Crippen LogP contribution in [0.4, 0.5) is 0 Å². The zero-order valence-electron chi connectivity index (χ0n) is 22.0. The quantitative estimate of drug-likeness (QED) is 0.336. The van der Waals surface area contributed by atoms with E-state index in [1.165, 1.54) is 50.5 Å². The molecule has 0 aromatic heterocycles. The molecule has 0 aromatic rings. The van der Waals surface area contributed by atoms with E-state index in [1.807, 2.05) is 0 Å². The van der Waals surface area contributed by atoms with Gasteiger partial charge in [0.05, 0.1) is 6.10 Å². The van der Waals surface area contributed by atoms with E-state index in [1.54, 1.807) is 0 Å². The van der Waals surface area contributed by atoms with E-state index >= 15 is 0 Å². The van der Waals surface area contributed by atoms with Crippen LogP contribution in [0.15, 0.2) is 11.6 Å². The first-order chi connectivity index (χ1) is 14.9. The molecule has 0 saturated heterocycles. The molecule has 9 atom stereocenters. The minimum Gasteiger partial charge on any atom is -0.756 e. The minimum absolute atomic E-state index is 0. The average Bonchev–Trinajstić information content (AvgIpc) is 3.04. The molecule has 3 saturated carbocycles. The van der Waals surface area contributed by atoms with Gasteiger partial charge in [-0.2, -0.15) is 0 Å². The maximum Gasteiger partial charge on any atom is 1.00 e. The molecule has 0 aliphatic heterocycles. The summed E-state index contributed by atoms with van der Waals surface area (Å²) >= 11 is 0. The Balaban J connectivity index is 0.00000306. The van der Waals surface area contributed by atoms with Crippen LogP contribution in [0.1, 0.15) is 105 Å². The summed E-state index contributed by atoms with van der Waals surface area (Å²) in [5.41, 5.74) is 2.06. The van der Waals surface area contributed by atoms with Crippen molar-refractivity contribution in [2.75, 3.05) is 0 Å². The number of allylic oxidation sites excluding steroid dienone is 1. The first-order valence-corrected chi connectivity index (χ1v) is 14.9. The minimum atomic E-state index is -4.66. The van der Waals surface area contributed by atoms with Gasteiger partial charge in [0.25, 0.3) is 7.82 Å². The first kappa shape index (κ1) is 28.4. The summed E-state index contributed by atoms with van der Waals surface area (Å²) in [5.74, 6) is 4.84. The smallest absolute Gasteiger partial charge is 0.756 e. The predicted molar refractivity (Wildman–Crippen MR) is 128 cm³/mol. The van der Waals surface area contributed by atoms with E-state index < -0.39 is 13.9 Å². The van der Waals surface area contributed by atoms with Crippen LogP contribution < -0.4 is 34.5 Å². The summed E-state index contributed by atoms with van der Waals surface area (Å²) in [6.07, 6.45) is 15.1. The summed E-state index contributed by atoms with van der Waals surface area (Å²) in [6, 6.07) is 0. The third-order valence-corrected chi connectivity index (χ3v) is 11.1. The van der Waals surface area contributed by atoms with Crippen LogP contribution in [-0.4, -0.2) is 11.0 Å². The van der Waals surface area contributed by atoms with E-state index in [-0.39, 0.29) is 35.0 Å². The van der Waals surface area contributed by atoms with Crippen LogP contribution in [0.5, 0.6) is 0 Å². The van der Waals surface area contributed by atoms with Crippen molar-refractivity contribution in [3.8, 4) is 0 Å². The summed E-state index contributed by atoms with van der Waals surface area (Å²) in [6.45, 7) is 12.3. The Bertz CT molecular complexity index is 763. The van der Waals surface area contributed by atoms with Crippen LogP contribution in [0, 0.1) is 46.3 Å². The molecule has 4 rings (SSSR count). The Kier molecular flexibility index (Phi) is 9.20. The van der Waals surface area contributed by atoms with E-state index in [9.17, 15) is 9.46 Å². The Morgan fingerprint density at radius 2 is 1.85 bits per heavy atom. The standard InChI is InChI=1S/C27H47O4P.Na/c1-18(2)7-6-8-19(3)23-11-12-24-22-10-9-20-17-21(31-32(28,29)30)13-15-26(20,4)25(22)14-16-27(23,24)5;/h9,18-19,21-25H,6-8,10-17H2,1-5H3,(H2,28,29,30);/q;+1/p-1/t19-,21+,22?,23-,24+,25+,26+,27-;/m1./s1. The van der Waals surface area contributed by atoms with Gasteiger partial charge in [-0.3, -0.25) is 4.57 Å². The molecule has 0 spiro atoms. The Hall–Kier alpha value is 0.850. The molecule has 0 heterocycles. The number of phosphoric ester groups is 1. The molecular formula is C27H46NaO4P. The van der Waals surface area contributed by atoms with Gasteiger partial charge in [0.2, 0.25) is 0 Å². The molecule has 0 bridgehead atoms. The van der Waals surface area contributed by atoms with E-state index in [0.29, 0.717) is 17.8 Å². The second-order valence-corrected chi connectivity index (χ2v) is 13.9. The van der Waals surface area contributed by atoms with Crippen LogP contribution >= 0.6 is 7.82 Å². The zero-order valence-corrected chi connectivity index (χ0v) is 24.9. The molecule has 33 heavy (non-hydrogen) atoms. The average molecular weight is 489 g/mol. The molecule has 6 heteroatoms. The van der Waals surface area contributed by atoms with Crippen molar-refractivity contribution in [3.05, 3.63) is 11.6 Å². The van der Waals surface area contributed by atoms with Crippen LogP contribution in [0.25, 0.3) is 0 Å². The van der Waals surface area contributed by atoms with Crippen LogP contribution in [0.2, 0.25) is 0 Å². The molecule has 4 aliphatic carbocycles. The maximum atomic E-state index is 11.3. The van der Waals surface area contributed by atoms with Crippen LogP contribution in [0.3, 0.4) is 0 Å². The summed E-state index contributed by atoms with van der Waals surface area (Å²) in [4.78, 5) is 20.4. The Morgan fingerprint density at radius 3 is 2.52 bits per heavy atom. The van der Waals surface area contributed by atoms with Gasteiger partial charge >= 0.3 is 29.6 Å². The van der Waals surface area contributed by atoms with Crippen molar-refractivity contribution < 1.29 is 48.4 Å². The molecule has 0 aromatic carbocycles. The Labute approximate surface area is 224 Å². The largest absolute Gasteiger partial charge is 1.00 e. The molecular weight excluding hydrogens is 442 g/mol. The van der Waals surface area contributed by atoms with Gasteiger partial charge < -0.3 is 14.3 Å². The maximum absolute atomic E-state index is 11.3. The molecule has 184 valence electrons. The normalized spacial score (nSPS) is 42.9. The Morgan fingerprint density at radius 1 is 1.12 bits per heavy atom. The van der Waals surface area contributed by atoms with E-state index in [4.69, 9.17) is 9.42 Å². The van der Waals surface area contributed by atoms with Crippen LogP contribution in [-0.2, 0) is 9.09 Å². The fourth-order valence-electron chi connectivity index (χ4n) is 8.93. The second-order valence-electron chi connectivity index (χ2n) is 12.7. The van der Waals surface area contributed by atoms with Gasteiger partial charge in [0.15, 0.2) is 0 Å². The molecule has 0 radical (unpaired) electrons. The fraction of sp³-hybridized carbons (Fsp3) is 0.926. The third kappa shape index (κ3) is 5.73. The topological polar surface area (TPSA) is 69.6 Å². The third-order valence-electron chi connectivity index (χ3n) is 10.5. The number of rotatable bonds is 7. The fourth-order valence-corrected chi connectivity index (χ4v) is 9.49. The monoisotopic (exact) mass is 488 g/mol. The number of hydrogen-bond acceptors (Lipinski definition) is 3. The van der Waals surface area contributed by atoms with Crippen molar-refractivity contribution in [1.82, 2.24) is 0 Å². The van der Waals surface area contributed by atoms with Gasteiger partial charge in [-0.25, -0.2) is 0 Å². The molecule has 2 unspecified atom stereocenters. The van der Waals surface area contributed by atoms with E-state index in [2.05, 4.69) is 40.7 Å². The van der Waals surface area contributed by atoms with Crippen molar-refractivity contribution in [3.63, 3.8) is 0 Å². The molecule has 1 N–H and O–H groups in total. The molecule has 4 aliphatic rings. The van der Waals surface area contributed by atoms with Gasteiger partial charge in [-0.05, 0) is 97.7 Å². The van der Waals surface area contributed by atoms with Crippen molar-refractivity contribution >= 4 is 7.82 Å². The number of fused-ring (bicyclic) bond motifs is 5. The summed E-state index contributed by atoms with van der Waals surface area (Å²) in [7, 11) is -4.66. The number of phosphoric acid groups is 1. The van der Waals surface area contributed by atoms with Crippen molar-refractivity contribution in [1.29, 1.82) is 0 Å². The first-order valence-electron chi connectivity index (χ1n) is 13.4. The van der Waals surface area contributed by atoms with Gasteiger partial charge in [-0.1, -0.05) is 65.5 Å². The SMILES string of the molecule is CC(C)CCC[C@@H](C)[C@H]1CC[C@H]2C3CC=C4C[C@@H](OP(=O)([O-])O)CC[C@]4(C)[C@H]3CC[C@]12C.[Na+]. The van der Waals surface area contributed by atoms with Crippen molar-refractivity contribution in [2.45, 2.75) is 111 Å². The van der Waals surface area contributed by atoms with Crippen molar-refractivity contribution in [2.24, 2.45) is 46.3 Å². The van der Waals surface area contributed by atoms with E-state index in [0.717, 1.165) is 48.9 Å². The zero-order chi connectivity index (χ0) is 23.3. The second kappa shape index (κ2) is 10.7. The summed E-state index contributed by atoms with van der Waals surface area (Å²) in [5, 5.41) is 0. The van der Waals surface area contributed by atoms with Gasteiger partial charge in [0.1, 0.15) is 0 Å². The molecule has 3 fully saturated rings. The van der Waals surface area contributed by atoms with Gasteiger partial charge in [0, 0.05) is 0 Å². The van der Waals surface area contributed by atoms with Gasteiger partial charge in [-0.15, -0.1) is 0 Å². The molecule has 0 amide bonds.